The molecule has 4 nitrogen and oxygen atoms in total. The highest BCUT2D eigenvalue weighted by atomic mass is 19.1. The van der Waals surface area contributed by atoms with Crippen LogP contribution in [0.4, 0.5) is 15.9 Å². The lowest BCUT2D eigenvalue weighted by molar-refractivity contribution is 0.623. The first-order valence-corrected chi connectivity index (χ1v) is 6.74. The minimum atomic E-state index is -0.239. The van der Waals surface area contributed by atoms with Gasteiger partial charge in [0, 0.05) is 7.05 Å². The lowest BCUT2D eigenvalue weighted by Crippen LogP contribution is -2.11. The highest BCUT2D eigenvalue weighted by Gasteiger charge is 2.17. The van der Waals surface area contributed by atoms with Gasteiger partial charge in [-0.1, -0.05) is 26.0 Å². The molecule has 1 atom stereocenters. The number of rotatable bonds is 4. The Hall–Kier alpha value is -2.04. The number of hydrogen-bond donors (Lipinski definition) is 2. The minimum absolute atomic E-state index is 0.0524. The van der Waals surface area contributed by atoms with Crippen LogP contribution in [0.15, 0.2) is 24.3 Å². The smallest absolute Gasteiger partial charge is 0.148 e. The van der Waals surface area contributed by atoms with E-state index in [2.05, 4.69) is 24.3 Å². The molecule has 0 aliphatic carbocycles. The molecule has 0 bridgehead atoms. The van der Waals surface area contributed by atoms with Gasteiger partial charge in [0.2, 0.25) is 0 Å². The van der Waals surface area contributed by atoms with Crippen molar-refractivity contribution in [3.63, 3.8) is 0 Å². The summed E-state index contributed by atoms with van der Waals surface area (Å²) in [7, 11) is 1.85. The number of nitrogens with zero attached hydrogens (tertiary/aromatic N) is 2. The van der Waals surface area contributed by atoms with Gasteiger partial charge in [0.15, 0.2) is 0 Å². The number of halogens is 1. The van der Waals surface area contributed by atoms with E-state index in [0.717, 1.165) is 17.1 Å². The molecule has 2 aromatic rings. The van der Waals surface area contributed by atoms with Gasteiger partial charge in [0.05, 0.1) is 17.4 Å². The molecule has 0 fully saturated rings. The van der Waals surface area contributed by atoms with Crippen LogP contribution >= 0.6 is 0 Å². The summed E-state index contributed by atoms with van der Waals surface area (Å²) in [5, 5.41) is 7.74. The Morgan fingerprint density at radius 1 is 1.30 bits per heavy atom. The van der Waals surface area contributed by atoms with Crippen molar-refractivity contribution in [2.45, 2.75) is 32.7 Å². The van der Waals surface area contributed by atoms with E-state index in [1.807, 2.05) is 20.0 Å². The topological polar surface area (TPSA) is 55.9 Å². The average Bonchev–Trinajstić information content (AvgIpc) is 2.67. The van der Waals surface area contributed by atoms with Crippen molar-refractivity contribution in [3.05, 3.63) is 41.3 Å². The predicted octanol–water partition coefficient (Wildman–Crippen LogP) is 3.44. The molecule has 1 unspecified atom stereocenters. The van der Waals surface area contributed by atoms with Crippen LogP contribution in [0.3, 0.4) is 0 Å². The number of benzene rings is 1. The molecule has 0 amide bonds. The normalized spacial score (nSPS) is 12.7. The molecule has 2 rings (SSSR count). The van der Waals surface area contributed by atoms with E-state index in [1.165, 1.54) is 12.1 Å². The van der Waals surface area contributed by atoms with Gasteiger partial charge in [0.25, 0.3) is 0 Å². The summed E-state index contributed by atoms with van der Waals surface area (Å²) in [6.07, 6.45) is 0. The molecule has 0 spiro atoms. The summed E-state index contributed by atoms with van der Waals surface area (Å²) in [4.78, 5) is 0. The van der Waals surface area contributed by atoms with E-state index < -0.39 is 0 Å². The summed E-state index contributed by atoms with van der Waals surface area (Å²) in [6, 6.07) is 6.49. The van der Waals surface area contributed by atoms with E-state index in [0.29, 0.717) is 5.69 Å². The fourth-order valence-electron chi connectivity index (χ4n) is 2.22. The summed E-state index contributed by atoms with van der Waals surface area (Å²) in [6.45, 7) is 6.08. The Morgan fingerprint density at radius 3 is 2.55 bits per heavy atom. The van der Waals surface area contributed by atoms with Gasteiger partial charge in [-0.25, -0.2) is 4.39 Å². The maximum Gasteiger partial charge on any atom is 0.148 e. The number of aryl methyl sites for hydroxylation is 1. The van der Waals surface area contributed by atoms with Gasteiger partial charge in [-0.3, -0.25) is 4.68 Å². The molecule has 108 valence electrons. The van der Waals surface area contributed by atoms with E-state index >= 15 is 0 Å². The number of nitrogens with one attached hydrogen (secondary N) is 1. The molecular formula is C15H21FN4. The second-order valence-electron chi connectivity index (χ2n) is 5.35. The third-order valence-electron chi connectivity index (χ3n) is 3.36. The Kier molecular flexibility index (Phi) is 3.97. The number of nitrogen functional groups attached to an aromatic ring is 1. The second kappa shape index (κ2) is 5.53. The van der Waals surface area contributed by atoms with Crippen molar-refractivity contribution in [3.8, 4) is 0 Å². The molecule has 1 heterocycles. The van der Waals surface area contributed by atoms with Gasteiger partial charge >= 0.3 is 0 Å². The highest BCUT2D eigenvalue weighted by molar-refractivity contribution is 5.66. The average molecular weight is 276 g/mol. The molecule has 5 heteroatoms. The van der Waals surface area contributed by atoms with Crippen LogP contribution in [0, 0.1) is 5.82 Å². The standard InChI is InChI=1S/C15H21FN4/c1-9(2)14-13(17)15(20(4)19-14)18-10(3)11-6-5-7-12(16)8-11/h5-10,18H,17H2,1-4H3. The Morgan fingerprint density at radius 2 is 2.00 bits per heavy atom. The number of aromatic nitrogens is 2. The molecule has 1 aromatic heterocycles. The van der Waals surface area contributed by atoms with Gasteiger partial charge in [-0.2, -0.15) is 5.10 Å². The van der Waals surface area contributed by atoms with Crippen LogP contribution in [0.25, 0.3) is 0 Å². The van der Waals surface area contributed by atoms with Gasteiger partial charge in [-0.15, -0.1) is 0 Å². The quantitative estimate of drug-likeness (QED) is 0.899. The van der Waals surface area contributed by atoms with Crippen molar-refractivity contribution in [2.24, 2.45) is 7.05 Å². The first-order valence-electron chi connectivity index (χ1n) is 6.74. The second-order valence-corrected chi connectivity index (χ2v) is 5.35. The molecule has 0 aliphatic heterocycles. The Balaban J connectivity index is 2.26. The Bertz CT molecular complexity index is 604. The zero-order valence-corrected chi connectivity index (χ0v) is 12.3. The van der Waals surface area contributed by atoms with E-state index in [9.17, 15) is 4.39 Å². The third-order valence-corrected chi connectivity index (χ3v) is 3.36. The predicted molar refractivity (Wildman–Crippen MR) is 80.1 cm³/mol. The van der Waals surface area contributed by atoms with Crippen LogP contribution in [-0.4, -0.2) is 9.78 Å². The zero-order chi connectivity index (χ0) is 14.9. The monoisotopic (exact) mass is 276 g/mol. The summed E-state index contributed by atoms with van der Waals surface area (Å²) in [5.41, 5.74) is 8.55. The van der Waals surface area contributed by atoms with Crippen molar-refractivity contribution in [1.82, 2.24) is 9.78 Å². The lowest BCUT2D eigenvalue weighted by Gasteiger charge is -2.16. The van der Waals surface area contributed by atoms with Crippen molar-refractivity contribution < 1.29 is 4.39 Å². The summed E-state index contributed by atoms with van der Waals surface area (Å²) < 4.78 is 15.0. The molecular weight excluding hydrogens is 255 g/mol. The van der Waals surface area contributed by atoms with Gasteiger partial charge in [-0.05, 0) is 30.5 Å². The van der Waals surface area contributed by atoms with Crippen LogP contribution < -0.4 is 11.1 Å². The summed E-state index contributed by atoms with van der Waals surface area (Å²) in [5.74, 6) is 0.795. The van der Waals surface area contributed by atoms with Gasteiger partial charge < -0.3 is 11.1 Å². The van der Waals surface area contributed by atoms with Gasteiger partial charge in [0.1, 0.15) is 11.6 Å². The van der Waals surface area contributed by atoms with E-state index in [4.69, 9.17) is 5.73 Å². The third kappa shape index (κ3) is 2.76. The minimum Gasteiger partial charge on any atom is -0.394 e. The maximum atomic E-state index is 13.3. The molecule has 0 saturated heterocycles. The van der Waals surface area contributed by atoms with Crippen LogP contribution in [-0.2, 0) is 7.05 Å². The number of hydrogen-bond acceptors (Lipinski definition) is 3. The Labute approximate surface area is 118 Å². The largest absolute Gasteiger partial charge is 0.394 e. The van der Waals surface area contributed by atoms with Crippen molar-refractivity contribution >= 4 is 11.5 Å². The van der Waals surface area contributed by atoms with Crippen LogP contribution in [0.2, 0.25) is 0 Å². The van der Waals surface area contributed by atoms with Crippen LogP contribution in [0.1, 0.15) is 44.0 Å². The highest BCUT2D eigenvalue weighted by Crippen LogP contribution is 2.30. The SMILES string of the molecule is CC(C)c1nn(C)c(NC(C)c2cccc(F)c2)c1N. The molecule has 0 saturated carbocycles. The van der Waals surface area contributed by atoms with E-state index in [1.54, 1.807) is 10.7 Å². The molecule has 0 radical (unpaired) electrons. The fraction of sp³-hybridized carbons (Fsp3) is 0.400. The van der Waals surface area contributed by atoms with Crippen molar-refractivity contribution in [1.29, 1.82) is 0 Å². The van der Waals surface area contributed by atoms with Crippen molar-refractivity contribution in [2.75, 3.05) is 11.1 Å². The maximum absolute atomic E-state index is 13.3. The molecule has 1 aromatic carbocycles. The first kappa shape index (κ1) is 14.4. The zero-order valence-electron chi connectivity index (χ0n) is 12.3. The molecule has 0 aliphatic rings. The molecule has 20 heavy (non-hydrogen) atoms. The lowest BCUT2D eigenvalue weighted by atomic mass is 10.1. The first-order chi connectivity index (χ1) is 9.40. The summed E-state index contributed by atoms with van der Waals surface area (Å²) >= 11 is 0. The molecule has 3 N–H and O–H groups in total. The fourth-order valence-corrected chi connectivity index (χ4v) is 2.22. The number of nitrogens with two attached hydrogens (primary N) is 1. The van der Waals surface area contributed by atoms with E-state index in [-0.39, 0.29) is 17.8 Å². The van der Waals surface area contributed by atoms with Crippen LogP contribution in [0.5, 0.6) is 0 Å². The number of anilines is 2.